The third-order valence-electron chi connectivity index (χ3n) is 3.18. The van der Waals surface area contributed by atoms with Crippen molar-refractivity contribution in [3.8, 4) is 5.69 Å². The van der Waals surface area contributed by atoms with Crippen LogP contribution in [0.3, 0.4) is 0 Å². The molecule has 0 saturated heterocycles. The molecule has 2 aromatic rings. The van der Waals surface area contributed by atoms with Gasteiger partial charge < -0.3 is 5.32 Å². The van der Waals surface area contributed by atoms with Crippen molar-refractivity contribution < 1.29 is 4.92 Å². The lowest BCUT2D eigenvalue weighted by Crippen LogP contribution is -2.15. The van der Waals surface area contributed by atoms with Crippen molar-refractivity contribution in [2.24, 2.45) is 0 Å². The number of nitrogens with one attached hydrogen (secondary N) is 1. The summed E-state index contributed by atoms with van der Waals surface area (Å²) in [6.45, 7) is 0.752. The Hall–Kier alpha value is -1.73. The van der Waals surface area contributed by atoms with Gasteiger partial charge in [0, 0.05) is 30.9 Å². The third kappa shape index (κ3) is 2.88. The SMILES string of the molecule is O=[N+]([O-])c1ccc(-n2ccc(CNC3CC3)n2)c(Br)c1. The fraction of sp³-hybridized carbons (Fsp3) is 0.308. The van der Waals surface area contributed by atoms with Gasteiger partial charge in [0.25, 0.3) is 5.69 Å². The van der Waals surface area contributed by atoms with Gasteiger partial charge in [-0.15, -0.1) is 0 Å². The van der Waals surface area contributed by atoms with E-state index < -0.39 is 4.92 Å². The molecule has 0 aliphatic heterocycles. The average molecular weight is 337 g/mol. The molecule has 1 saturated carbocycles. The summed E-state index contributed by atoms with van der Waals surface area (Å²) >= 11 is 3.35. The van der Waals surface area contributed by atoms with Gasteiger partial charge in [-0.05, 0) is 40.9 Å². The molecule has 7 heteroatoms. The number of aromatic nitrogens is 2. The second-order valence-electron chi connectivity index (χ2n) is 4.80. The zero-order chi connectivity index (χ0) is 14.1. The molecule has 104 valence electrons. The normalized spacial score (nSPS) is 14.4. The van der Waals surface area contributed by atoms with E-state index in [1.807, 2.05) is 12.3 Å². The standard InChI is InChI=1S/C13H13BrN4O2/c14-12-7-11(18(19)20)3-4-13(12)17-6-5-10(16-17)8-15-9-1-2-9/h3-7,9,15H,1-2,8H2. The predicted octanol–water partition coefficient (Wildman–Crippen LogP) is 2.80. The molecule has 1 heterocycles. The number of nitrogens with zero attached hydrogens (tertiary/aromatic N) is 3. The Labute approximate surface area is 124 Å². The fourth-order valence-electron chi connectivity index (χ4n) is 1.92. The molecule has 0 spiro atoms. The zero-order valence-corrected chi connectivity index (χ0v) is 12.2. The first-order chi connectivity index (χ1) is 9.63. The number of halogens is 1. The van der Waals surface area contributed by atoms with Crippen molar-refractivity contribution in [3.63, 3.8) is 0 Å². The van der Waals surface area contributed by atoms with E-state index in [2.05, 4.69) is 26.3 Å². The first kappa shape index (κ1) is 13.3. The fourth-order valence-corrected chi connectivity index (χ4v) is 2.47. The first-order valence-corrected chi connectivity index (χ1v) is 7.15. The van der Waals surface area contributed by atoms with E-state index in [1.54, 1.807) is 10.7 Å². The Kier molecular flexibility index (Phi) is 3.54. The molecule has 20 heavy (non-hydrogen) atoms. The summed E-state index contributed by atoms with van der Waals surface area (Å²) in [4.78, 5) is 10.3. The molecule has 1 aliphatic rings. The molecule has 0 atom stereocenters. The summed E-state index contributed by atoms with van der Waals surface area (Å²) in [7, 11) is 0. The average Bonchev–Trinajstić information content (AvgIpc) is 3.14. The zero-order valence-electron chi connectivity index (χ0n) is 10.6. The highest BCUT2D eigenvalue weighted by Crippen LogP contribution is 2.26. The summed E-state index contributed by atoms with van der Waals surface area (Å²) in [5.41, 5.74) is 1.80. The van der Waals surface area contributed by atoms with Gasteiger partial charge in [-0.1, -0.05) is 0 Å². The molecule has 6 nitrogen and oxygen atoms in total. The van der Waals surface area contributed by atoms with E-state index in [9.17, 15) is 10.1 Å². The molecule has 1 aromatic heterocycles. The molecule has 1 fully saturated rings. The number of nitro benzene ring substituents is 1. The maximum absolute atomic E-state index is 10.7. The quantitative estimate of drug-likeness (QED) is 0.673. The number of hydrogen-bond donors (Lipinski definition) is 1. The van der Waals surface area contributed by atoms with Crippen LogP contribution in [0.25, 0.3) is 5.69 Å². The molecule has 0 radical (unpaired) electrons. The van der Waals surface area contributed by atoms with E-state index in [0.29, 0.717) is 10.5 Å². The summed E-state index contributed by atoms with van der Waals surface area (Å²) in [5.74, 6) is 0. The van der Waals surface area contributed by atoms with Gasteiger partial charge in [0.05, 0.1) is 20.8 Å². The summed E-state index contributed by atoms with van der Waals surface area (Å²) in [5, 5.41) is 18.6. The van der Waals surface area contributed by atoms with Crippen LogP contribution in [0.15, 0.2) is 34.9 Å². The molecule has 1 aliphatic carbocycles. The molecular formula is C13H13BrN4O2. The Bertz CT molecular complexity index is 652. The maximum atomic E-state index is 10.7. The third-order valence-corrected chi connectivity index (χ3v) is 3.82. The lowest BCUT2D eigenvalue weighted by Gasteiger charge is -2.04. The Balaban J connectivity index is 1.79. The van der Waals surface area contributed by atoms with Gasteiger partial charge in [-0.25, -0.2) is 4.68 Å². The van der Waals surface area contributed by atoms with Crippen LogP contribution in [0.1, 0.15) is 18.5 Å². The van der Waals surface area contributed by atoms with Crippen LogP contribution in [0.2, 0.25) is 0 Å². The van der Waals surface area contributed by atoms with Crippen molar-refractivity contribution in [1.29, 1.82) is 0 Å². The van der Waals surface area contributed by atoms with Gasteiger partial charge >= 0.3 is 0 Å². The smallest absolute Gasteiger partial charge is 0.270 e. The summed E-state index contributed by atoms with van der Waals surface area (Å²) in [6.07, 6.45) is 4.35. The van der Waals surface area contributed by atoms with Crippen molar-refractivity contribution >= 4 is 21.6 Å². The van der Waals surface area contributed by atoms with E-state index in [4.69, 9.17) is 0 Å². The second kappa shape index (κ2) is 5.34. The van der Waals surface area contributed by atoms with Crippen molar-refractivity contribution in [2.75, 3.05) is 0 Å². The molecule has 0 unspecified atom stereocenters. The predicted molar refractivity (Wildman–Crippen MR) is 77.8 cm³/mol. The number of benzene rings is 1. The van der Waals surface area contributed by atoms with Crippen LogP contribution in [0.5, 0.6) is 0 Å². The highest BCUT2D eigenvalue weighted by molar-refractivity contribution is 9.10. The Morgan fingerprint density at radius 2 is 2.25 bits per heavy atom. The number of hydrogen-bond acceptors (Lipinski definition) is 4. The van der Waals surface area contributed by atoms with Crippen molar-refractivity contribution in [2.45, 2.75) is 25.4 Å². The number of rotatable bonds is 5. The molecule has 1 aromatic carbocycles. The number of non-ortho nitro benzene ring substituents is 1. The molecule has 1 N–H and O–H groups in total. The van der Waals surface area contributed by atoms with Crippen LogP contribution in [-0.4, -0.2) is 20.7 Å². The minimum absolute atomic E-state index is 0.0587. The topological polar surface area (TPSA) is 73.0 Å². The Morgan fingerprint density at radius 3 is 2.90 bits per heavy atom. The van der Waals surface area contributed by atoms with Crippen LogP contribution >= 0.6 is 15.9 Å². The highest BCUT2D eigenvalue weighted by Gasteiger charge is 2.20. The minimum Gasteiger partial charge on any atom is -0.308 e. The van der Waals surface area contributed by atoms with Crippen LogP contribution in [0, 0.1) is 10.1 Å². The van der Waals surface area contributed by atoms with Gasteiger partial charge in [-0.3, -0.25) is 10.1 Å². The molecule has 0 amide bonds. The van der Waals surface area contributed by atoms with Gasteiger partial charge in [-0.2, -0.15) is 5.10 Å². The van der Waals surface area contributed by atoms with E-state index in [0.717, 1.165) is 17.9 Å². The largest absolute Gasteiger partial charge is 0.308 e. The van der Waals surface area contributed by atoms with Crippen LogP contribution < -0.4 is 5.32 Å². The van der Waals surface area contributed by atoms with Gasteiger partial charge in [0.1, 0.15) is 0 Å². The first-order valence-electron chi connectivity index (χ1n) is 6.36. The Morgan fingerprint density at radius 1 is 1.45 bits per heavy atom. The lowest BCUT2D eigenvalue weighted by atomic mass is 10.3. The molecular weight excluding hydrogens is 324 g/mol. The van der Waals surface area contributed by atoms with Gasteiger partial charge in [0.2, 0.25) is 0 Å². The summed E-state index contributed by atoms with van der Waals surface area (Å²) in [6, 6.07) is 7.24. The van der Waals surface area contributed by atoms with Gasteiger partial charge in [0.15, 0.2) is 0 Å². The molecule has 3 rings (SSSR count). The van der Waals surface area contributed by atoms with Crippen molar-refractivity contribution in [1.82, 2.24) is 15.1 Å². The minimum atomic E-state index is -0.414. The monoisotopic (exact) mass is 336 g/mol. The van der Waals surface area contributed by atoms with Crippen LogP contribution in [0.4, 0.5) is 5.69 Å². The summed E-state index contributed by atoms with van der Waals surface area (Å²) < 4.78 is 2.37. The highest BCUT2D eigenvalue weighted by atomic mass is 79.9. The lowest BCUT2D eigenvalue weighted by molar-refractivity contribution is -0.384. The van der Waals surface area contributed by atoms with E-state index in [-0.39, 0.29) is 5.69 Å². The van der Waals surface area contributed by atoms with E-state index >= 15 is 0 Å². The van der Waals surface area contributed by atoms with E-state index in [1.165, 1.54) is 25.0 Å². The second-order valence-corrected chi connectivity index (χ2v) is 5.65. The molecule has 0 bridgehead atoms. The number of nitro groups is 1. The van der Waals surface area contributed by atoms with Crippen LogP contribution in [-0.2, 0) is 6.54 Å². The maximum Gasteiger partial charge on any atom is 0.270 e. The van der Waals surface area contributed by atoms with Crippen molar-refractivity contribution in [3.05, 3.63) is 50.7 Å².